The molecule has 5 heteroatoms. The SMILES string of the molecule is Cc1ccc(-n2nnc(C=O)c2CC(C)C)cc1Cl. The zero-order valence-electron chi connectivity index (χ0n) is 11.2. The maximum atomic E-state index is 11.0. The summed E-state index contributed by atoms with van der Waals surface area (Å²) >= 11 is 6.13. The molecule has 0 aliphatic heterocycles. The zero-order chi connectivity index (χ0) is 14.0. The fraction of sp³-hybridized carbons (Fsp3) is 0.357. The van der Waals surface area contributed by atoms with Crippen LogP contribution in [-0.4, -0.2) is 21.3 Å². The van der Waals surface area contributed by atoms with Gasteiger partial charge in [-0.3, -0.25) is 4.79 Å². The van der Waals surface area contributed by atoms with E-state index in [2.05, 4.69) is 24.2 Å². The van der Waals surface area contributed by atoms with E-state index in [4.69, 9.17) is 11.6 Å². The minimum absolute atomic E-state index is 0.394. The molecule has 0 bridgehead atoms. The highest BCUT2D eigenvalue weighted by molar-refractivity contribution is 6.31. The summed E-state index contributed by atoms with van der Waals surface area (Å²) in [6, 6.07) is 5.69. The van der Waals surface area contributed by atoms with Crippen LogP contribution in [0.25, 0.3) is 5.69 Å². The molecule has 2 aromatic rings. The minimum atomic E-state index is 0.394. The average Bonchev–Trinajstić information content (AvgIpc) is 2.75. The minimum Gasteiger partial charge on any atom is -0.296 e. The van der Waals surface area contributed by atoms with Crippen LogP contribution in [0.1, 0.15) is 35.6 Å². The Morgan fingerprint density at radius 1 is 1.42 bits per heavy atom. The van der Waals surface area contributed by atoms with E-state index in [1.807, 2.05) is 25.1 Å². The lowest BCUT2D eigenvalue weighted by atomic mass is 10.1. The first kappa shape index (κ1) is 13.7. The van der Waals surface area contributed by atoms with Crippen molar-refractivity contribution in [2.24, 2.45) is 5.92 Å². The average molecular weight is 278 g/mol. The highest BCUT2D eigenvalue weighted by atomic mass is 35.5. The van der Waals surface area contributed by atoms with E-state index in [-0.39, 0.29) is 0 Å². The predicted octanol–water partition coefficient (Wildman–Crippen LogP) is 3.24. The van der Waals surface area contributed by atoms with Crippen LogP contribution in [0.5, 0.6) is 0 Å². The first-order chi connectivity index (χ1) is 9.02. The molecule has 0 amide bonds. The molecule has 2 rings (SSSR count). The number of hydrogen-bond acceptors (Lipinski definition) is 3. The lowest BCUT2D eigenvalue weighted by Gasteiger charge is -2.10. The number of aromatic nitrogens is 3. The molecule has 0 unspecified atom stereocenters. The molecule has 19 heavy (non-hydrogen) atoms. The van der Waals surface area contributed by atoms with Crippen LogP contribution in [-0.2, 0) is 6.42 Å². The van der Waals surface area contributed by atoms with E-state index in [0.717, 1.165) is 29.7 Å². The quantitative estimate of drug-likeness (QED) is 0.806. The fourth-order valence-electron chi connectivity index (χ4n) is 1.90. The second-order valence-corrected chi connectivity index (χ2v) is 5.39. The Morgan fingerprint density at radius 2 is 2.16 bits per heavy atom. The van der Waals surface area contributed by atoms with Crippen molar-refractivity contribution in [2.75, 3.05) is 0 Å². The van der Waals surface area contributed by atoms with Gasteiger partial charge in [-0.25, -0.2) is 4.68 Å². The number of aryl methyl sites for hydroxylation is 1. The predicted molar refractivity (Wildman–Crippen MR) is 75.0 cm³/mol. The van der Waals surface area contributed by atoms with Crippen molar-refractivity contribution < 1.29 is 4.79 Å². The molecule has 0 spiro atoms. The number of rotatable bonds is 4. The summed E-state index contributed by atoms with van der Waals surface area (Å²) in [5, 5.41) is 8.65. The molecule has 0 radical (unpaired) electrons. The van der Waals surface area contributed by atoms with Crippen LogP contribution < -0.4 is 0 Å². The van der Waals surface area contributed by atoms with Gasteiger partial charge >= 0.3 is 0 Å². The topological polar surface area (TPSA) is 47.8 Å². The standard InChI is InChI=1S/C14H16ClN3O/c1-9(2)6-14-13(8-19)16-17-18(14)11-5-4-10(3)12(15)7-11/h4-5,7-9H,6H2,1-3H3. The smallest absolute Gasteiger partial charge is 0.172 e. The lowest BCUT2D eigenvalue weighted by Crippen LogP contribution is -2.07. The summed E-state index contributed by atoms with van der Waals surface area (Å²) in [6.07, 6.45) is 1.49. The molecule has 0 saturated heterocycles. The second kappa shape index (κ2) is 5.53. The second-order valence-electron chi connectivity index (χ2n) is 4.98. The van der Waals surface area contributed by atoms with Gasteiger partial charge in [0.2, 0.25) is 0 Å². The van der Waals surface area contributed by atoms with E-state index in [0.29, 0.717) is 16.6 Å². The van der Waals surface area contributed by atoms with Crippen molar-refractivity contribution >= 4 is 17.9 Å². The molecule has 0 aliphatic rings. The highest BCUT2D eigenvalue weighted by Gasteiger charge is 2.15. The van der Waals surface area contributed by atoms with Crippen molar-refractivity contribution in [1.29, 1.82) is 0 Å². The molecule has 1 aromatic heterocycles. The first-order valence-corrected chi connectivity index (χ1v) is 6.57. The van der Waals surface area contributed by atoms with Gasteiger partial charge in [-0.05, 0) is 37.0 Å². The molecule has 0 saturated carbocycles. The number of carbonyl (C=O) groups excluding carboxylic acids is 1. The molecule has 0 N–H and O–H groups in total. The van der Waals surface area contributed by atoms with Crippen LogP contribution in [0.15, 0.2) is 18.2 Å². The Balaban J connectivity index is 2.51. The summed E-state index contributed by atoms with van der Waals surface area (Å²) in [6.45, 7) is 6.13. The van der Waals surface area contributed by atoms with Gasteiger partial charge in [0.25, 0.3) is 0 Å². The molecule has 1 aromatic carbocycles. The van der Waals surface area contributed by atoms with E-state index < -0.39 is 0 Å². The third-order valence-corrected chi connectivity index (χ3v) is 3.31. The highest BCUT2D eigenvalue weighted by Crippen LogP contribution is 2.21. The van der Waals surface area contributed by atoms with Crippen molar-refractivity contribution in [1.82, 2.24) is 15.0 Å². The molecule has 1 heterocycles. The molecule has 0 atom stereocenters. The lowest BCUT2D eigenvalue weighted by molar-refractivity contribution is 0.111. The summed E-state index contributed by atoms with van der Waals surface area (Å²) in [5.74, 6) is 0.414. The third kappa shape index (κ3) is 2.84. The van der Waals surface area contributed by atoms with Gasteiger partial charge in [-0.15, -0.1) is 5.10 Å². The first-order valence-electron chi connectivity index (χ1n) is 6.19. The van der Waals surface area contributed by atoms with E-state index in [9.17, 15) is 4.79 Å². The Kier molecular flexibility index (Phi) is 4.00. The van der Waals surface area contributed by atoms with Crippen LogP contribution in [0.2, 0.25) is 5.02 Å². The van der Waals surface area contributed by atoms with Crippen molar-refractivity contribution in [3.8, 4) is 5.69 Å². The van der Waals surface area contributed by atoms with Crippen molar-refractivity contribution in [2.45, 2.75) is 27.2 Å². The molecule has 100 valence electrons. The van der Waals surface area contributed by atoms with Gasteiger partial charge in [0.15, 0.2) is 6.29 Å². The Morgan fingerprint density at radius 3 is 2.74 bits per heavy atom. The van der Waals surface area contributed by atoms with Gasteiger partial charge < -0.3 is 0 Å². The van der Waals surface area contributed by atoms with Crippen molar-refractivity contribution in [3.63, 3.8) is 0 Å². The maximum Gasteiger partial charge on any atom is 0.172 e. The molecule has 0 fully saturated rings. The Hall–Kier alpha value is -1.68. The zero-order valence-corrected chi connectivity index (χ0v) is 12.0. The number of halogens is 1. The molecule has 4 nitrogen and oxygen atoms in total. The number of benzene rings is 1. The maximum absolute atomic E-state index is 11.0. The summed E-state index contributed by atoms with van der Waals surface area (Å²) in [4.78, 5) is 11.0. The third-order valence-electron chi connectivity index (χ3n) is 2.91. The summed E-state index contributed by atoms with van der Waals surface area (Å²) in [7, 11) is 0. The van der Waals surface area contributed by atoms with Gasteiger partial charge in [0, 0.05) is 5.02 Å². The normalized spacial score (nSPS) is 11.0. The molecule has 0 aliphatic carbocycles. The van der Waals surface area contributed by atoms with Crippen LogP contribution in [0, 0.1) is 12.8 Å². The van der Waals surface area contributed by atoms with Gasteiger partial charge in [-0.1, -0.05) is 36.7 Å². The monoisotopic (exact) mass is 277 g/mol. The molecular weight excluding hydrogens is 262 g/mol. The Bertz CT molecular complexity index is 605. The van der Waals surface area contributed by atoms with E-state index >= 15 is 0 Å². The molecular formula is C14H16ClN3O. The number of carbonyl (C=O) groups is 1. The number of hydrogen-bond donors (Lipinski definition) is 0. The summed E-state index contributed by atoms with van der Waals surface area (Å²) < 4.78 is 1.69. The number of nitrogens with zero attached hydrogens (tertiary/aromatic N) is 3. The summed E-state index contributed by atoms with van der Waals surface area (Å²) in [5.41, 5.74) is 3.05. The van der Waals surface area contributed by atoms with Gasteiger partial charge in [0.05, 0.1) is 11.4 Å². The fourth-order valence-corrected chi connectivity index (χ4v) is 2.08. The number of aldehydes is 1. The van der Waals surface area contributed by atoms with Crippen LogP contribution in [0.4, 0.5) is 0 Å². The van der Waals surface area contributed by atoms with Gasteiger partial charge in [-0.2, -0.15) is 0 Å². The van der Waals surface area contributed by atoms with Crippen molar-refractivity contribution in [3.05, 3.63) is 40.2 Å². The largest absolute Gasteiger partial charge is 0.296 e. The van der Waals surface area contributed by atoms with Crippen LogP contribution >= 0.6 is 11.6 Å². The van der Waals surface area contributed by atoms with E-state index in [1.165, 1.54) is 0 Å². The van der Waals surface area contributed by atoms with Gasteiger partial charge in [0.1, 0.15) is 5.69 Å². The van der Waals surface area contributed by atoms with E-state index in [1.54, 1.807) is 4.68 Å². The van der Waals surface area contributed by atoms with Crippen LogP contribution in [0.3, 0.4) is 0 Å². The Labute approximate surface area is 117 Å².